The third-order valence-corrected chi connectivity index (χ3v) is 5.35. The number of furan rings is 1. The van der Waals surface area contributed by atoms with Crippen LogP contribution in [-0.4, -0.2) is 40.5 Å². The van der Waals surface area contributed by atoms with Crippen LogP contribution in [0.3, 0.4) is 0 Å². The van der Waals surface area contributed by atoms with Gasteiger partial charge in [-0.25, -0.2) is 9.97 Å². The molecule has 1 saturated heterocycles. The van der Waals surface area contributed by atoms with Crippen molar-refractivity contribution in [3.05, 3.63) is 41.1 Å². The van der Waals surface area contributed by atoms with E-state index in [1.807, 2.05) is 30.9 Å². The Hall–Kier alpha value is -2.41. The third kappa shape index (κ3) is 2.96. The molecule has 2 aromatic rings. The summed E-state index contributed by atoms with van der Waals surface area (Å²) in [5, 5.41) is 3.25. The van der Waals surface area contributed by atoms with Gasteiger partial charge in [0.05, 0.1) is 37.1 Å². The van der Waals surface area contributed by atoms with Gasteiger partial charge in [-0.3, -0.25) is 4.79 Å². The Morgan fingerprint density at radius 1 is 1.42 bits per heavy atom. The summed E-state index contributed by atoms with van der Waals surface area (Å²) in [7, 11) is 0. The van der Waals surface area contributed by atoms with Crippen LogP contribution in [0, 0.1) is 6.92 Å². The molecule has 2 aliphatic heterocycles. The molecular formula is C19H24N4O3. The first kappa shape index (κ1) is 17.0. The standard InChI is InChI=1S/C19H24N4O3/c1-3-16(24)23-7-6-19(11-23)12-25-10-15-13(2)21-18(22-17(15)19)20-9-14-5-4-8-26-14/h4-5,8H,3,6-7,9-12H2,1-2H3,(H,20,21,22)/t19-/m1/s1. The number of ether oxygens (including phenoxy) is 1. The third-order valence-electron chi connectivity index (χ3n) is 5.35. The van der Waals surface area contributed by atoms with Crippen molar-refractivity contribution in [2.75, 3.05) is 25.0 Å². The highest BCUT2D eigenvalue weighted by Gasteiger charge is 2.46. The largest absolute Gasteiger partial charge is 0.467 e. The molecule has 2 aromatic heterocycles. The van der Waals surface area contributed by atoms with Crippen LogP contribution in [0.15, 0.2) is 22.8 Å². The van der Waals surface area contributed by atoms with E-state index in [0.717, 1.165) is 35.7 Å². The van der Waals surface area contributed by atoms with Crippen LogP contribution in [0.2, 0.25) is 0 Å². The normalized spacial score (nSPS) is 21.8. The number of nitrogens with zero attached hydrogens (tertiary/aromatic N) is 3. The Morgan fingerprint density at radius 2 is 2.31 bits per heavy atom. The van der Waals surface area contributed by atoms with E-state index >= 15 is 0 Å². The Bertz CT molecular complexity index is 805. The molecule has 0 bridgehead atoms. The van der Waals surface area contributed by atoms with Crippen molar-refractivity contribution >= 4 is 11.9 Å². The van der Waals surface area contributed by atoms with Gasteiger partial charge in [0, 0.05) is 30.8 Å². The van der Waals surface area contributed by atoms with E-state index in [-0.39, 0.29) is 11.3 Å². The van der Waals surface area contributed by atoms with Gasteiger partial charge in [0.25, 0.3) is 0 Å². The van der Waals surface area contributed by atoms with Gasteiger partial charge in [-0.05, 0) is 25.5 Å². The van der Waals surface area contributed by atoms with Crippen LogP contribution >= 0.6 is 0 Å². The zero-order chi connectivity index (χ0) is 18.1. The fourth-order valence-electron chi connectivity index (χ4n) is 3.90. The monoisotopic (exact) mass is 356 g/mol. The molecule has 26 heavy (non-hydrogen) atoms. The Morgan fingerprint density at radius 3 is 3.08 bits per heavy atom. The average Bonchev–Trinajstić information content (AvgIpc) is 3.31. The molecule has 1 spiro atoms. The van der Waals surface area contributed by atoms with Gasteiger partial charge in [0.2, 0.25) is 11.9 Å². The summed E-state index contributed by atoms with van der Waals surface area (Å²) < 4.78 is 11.2. The molecule has 1 atom stereocenters. The number of rotatable bonds is 4. The van der Waals surface area contributed by atoms with Crippen molar-refractivity contribution in [3.8, 4) is 0 Å². The molecule has 0 unspecified atom stereocenters. The highest BCUT2D eigenvalue weighted by atomic mass is 16.5. The van der Waals surface area contributed by atoms with E-state index in [9.17, 15) is 4.79 Å². The Kier molecular flexibility index (Phi) is 4.40. The molecule has 7 heteroatoms. The van der Waals surface area contributed by atoms with E-state index in [1.54, 1.807) is 6.26 Å². The molecule has 0 aliphatic carbocycles. The molecule has 0 radical (unpaired) electrons. The molecule has 0 aromatic carbocycles. The predicted molar refractivity (Wildman–Crippen MR) is 95.6 cm³/mol. The van der Waals surface area contributed by atoms with Crippen molar-refractivity contribution in [3.63, 3.8) is 0 Å². The lowest BCUT2D eigenvalue weighted by Crippen LogP contribution is -2.42. The summed E-state index contributed by atoms with van der Waals surface area (Å²) in [5.74, 6) is 1.62. The zero-order valence-electron chi connectivity index (χ0n) is 15.2. The predicted octanol–water partition coefficient (Wildman–Crippen LogP) is 2.40. The summed E-state index contributed by atoms with van der Waals surface area (Å²) >= 11 is 0. The summed E-state index contributed by atoms with van der Waals surface area (Å²) in [6, 6.07) is 3.78. The number of fused-ring (bicyclic) bond motifs is 2. The fraction of sp³-hybridized carbons (Fsp3) is 0.526. The Labute approximate surface area is 152 Å². The minimum Gasteiger partial charge on any atom is -0.467 e. The van der Waals surface area contributed by atoms with Gasteiger partial charge in [0.1, 0.15) is 5.76 Å². The second kappa shape index (κ2) is 6.72. The first-order valence-corrected chi connectivity index (χ1v) is 9.11. The first-order valence-electron chi connectivity index (χ1n) is 9.11. The number of amides is 1. The van der Waals surface area contributed by atoms with Crippen molar-refractivity contribution in [1.29, 1.82) is 0 Å². The van der Waals surface area contributed by atoms with Gasteiger partial charge in [-0.2, -0.15) is 0 Å². The fourth-order valence-corrected chi connectivity index (χ4v) is 3.90. The van der Waals surface area contributed by atoms with Crippen LogP contribution in [0.4, 0.5) is 5.95 Å². The second-order valence-corrected chi connectivity index (χ2v) is 7.08. The molecule has 0 saturated carbocycles. The SMILES string of the molecule is CCC(=O)N1CC[C@]2(COCc3c(C)nc(NCc4ccco4)nc32)C1. The zero-order valence-corrected chi connectivity index (χ0v) is 15.2. The van der Waals surface area contributed by atoms with Crippen LogP contribution in [0.1, 0.15) is 42.5 Å². The number of hydrogen-bond donors (Lipinski definition) is 1. The number of anilines is 1. The molecule has 1 N–H and O–H groups in total. The molecule has 4 heterocycles. The minimum absolute atomic E-state index is 0.191. The van der Waals surface area contributed by atoms with Crippen molar-refractivity contribution < 1.29 is 13.9 Å². The second-order valence-electron chi connectivity index (χ2n) is 7.08. The highest BCUT2D eigenvalue weighted by molar-refractivity contribution is 5.76. The molecule has 1 amide bonds. The summed E-state index contributed by atoms with van der Waals surface area (Å²) in [5.41, 5.74) is 2.79. The van der Waals surface area contributed by atoms with Crippen LogP contribution in [0.5, 0.6) is 0 Å². The van der Waals surface area contributed by atoms with Gasteiger partial charge in [0.15, 0.2) is 0 Å². The van der Waals surface area contributed by atoms with Gasteiger partial charge in [-0.15, -0.1) is 0 Å². The van der Waals surface area contributed by atoms with E-state index in [4.69, 9.17) is 14.1 Å². The summed E-state index contributed by atoms with van der Waals surface area (Å²) in [6.07, 6.45) is 3.06. The van der Waals surface area contributed by atoms with E-state index in [0.29, 0.717) is 38.7 Å². The van der Waals surface area contributed by atoms with Crippen LogP contribution in [0.25, 0.3) is 0 Å². The van der Waals surface area contributed by atoms with Crippen LogP contribution in [-0.2, 0) is 28.1 Å². The van der Waals surface area contributed by atoms with E-state index in [1.165, 1.54) is 0 Å². The lowest BCUT2D eigenvalue weighted by Gasteiger charge is -2.35. The number of carbonyl (C=O) groups is 1. The Balaban J connectivity index is 1.63. The molecule has 1 fully saturated rings. The highest BCUT2D eigenvalue weighted by Crippen LogP contribution is 2.40. The number of nitrogens with one attached hydrogen (secondary N) is 1. The molecule has 138 valence electrons. The van der Waals surface area contributed by atoms with Crippen molar-refractivity contribution in [2.45, 2.75) is 45.3 Å². The van der Waals surface area contributed by atoms with Gasteiger partial charge >= 0.3 is 0 Å². The number of aromatic nitrogens is 2. The summed E-state index contributed by atoms with van der Waals surface area (Å²) in [6.45, 7) is 6.99. The van der Waals surface area contributed by atoms with E-state index in [2.05, 4.69) is 10.3 Å². The number of likely N-dealkylation sites (tertiary alicyclic amines) is 1. The van der Waals surface area contributed by atoms with Gasteiger partial charge < -0.3 is 19.4 Å². The van der Waals surface area contributed by atoms with E-state index < -0.39 is 0 Å². The molecule has 2 aliphatic rings. The maximum absolute atomic E-state index is 12.1. The van der Waals surface area contributed by atoms with Gasteiger partial charge in [-0.1, -0.05) is 6.92 Å². The number of carbonyl (C=O) groups excluding carboxylic acids is 1. The lowest BCUT2D eigenvalue weighted by molar-refractivity contribution is -0.130. The number of aryl methyl sites for hydroxylation is 1. The molecule has 7 nitrogen and oxygen atoms in total. The quantitative estimate of drug-likeness (QED) is 0.906. The lowest BCUT2D eigenvalue weighted by atomic mass is 9.80. The smallest absolute Gasteiger partial charge is 0.223 e. The summed E-state index contributed by atoms with van der Waals surface area (Å²) in [4.78, 5) is 23.5. The first-order chi connectivity index (χ1) is 12.6. The molecular weight excluding hydrogens is 332 g/mol. The number of hydrogen-bond acceptors (Lipinski definition) is 6. The maximum Gasteiger partial charge on any atom is 0.223 e. The van der Waals surface area contributed by atoms with Crippen LogP contribution < -0.4 is 5.32 Å². The molecule has 4 rings (SSSR count). The van der Waals surface area contributed by atoms with Crippen molar-refractivity contribution in [2.24, 2.45) is 0 Å². The minimum atomic E-state index is -0.229. The topological polar surface area (TPSA) is 80.5 Å². The average molecular weight is 356 g/mol. The van der Waals surface area contributed by atoms with Crippen molar-refractivity contribution in [1.82, 2.24) is 14.9 Å². The maximum atomic E-state index is 12.1.